The average Bonchev–Trinajstić information content (AvgIpc) is 3.35. The minimum atomic E-state index is -0.680. The Balaban J connectivity index is 3.44. The lowest BCUT2D eigenvalue weighted by Crippen LogP contribution is -2.45. The normalized spacial score (nSPS) is 12.6. The first kappa shape index (κ1) is 67.6. The zero-order chi connectivity index (χ0) is 50.0. The number of carbonyl (C=O) groups is 2. The molecule has 0 spiro atoms. The summed E-state index contributed by atoms with van der Waals surface area (Å²) >= 11 is 0. The van der Waals surface area contributed by atoms with Gasteiger partial charge in [-0.25, -0.2) is 0 Å². The van der Waals surface area contributed by atoms with Gasteiger partial charge in [-0.05, 0) is 51.4 Å². The maximum atomic E-state index is 12.5. The van der Waals surface area contributed by atoms with Crippen molar-refractivity contribution in [1.29, 1.82) is 0 Å². The van der Waals surface area contributed by atoms with Gasteiger partial charge in [0, 0.05) is 12.8 Å². The number of aliphatic hydroxyl groups is 2. The molecule has 1 amide bonds. The van der Waals surface area contributed by atoms with Crippen LogP contribution in [0.3, 0.4) is 0 Å². The fraction of sp³-hybridized carbons (Fsp3) is 0.937. The number of carbonyl (C=O) groups excluding carboxylic acids is 2. The smallest absolute Gasteiger partial charge is 0.305 e. The van der Waals surface area contributed by atoms with Crippen LogP contribution in [-0.2, 0) is 14.3 Å². The van der Waals surface area contributed by atoms with Crippen molar-refractivity contribution in [1.82, 2.24) is 5.32 Å². The summed E-state index contributed by atoms with van der Waals surface area (Å²) < 4.78 is 5.48. The molecule has 0 aromatic carbocycles. The van der Waals surface area contributed by atoms with E-state index < -0.39 is 12.1 Å². The van der Waals surface area contributed by atoms with Crippen molar-refractivity contribution in [3.05, 3.63) is 12.2 Å². The van der Waals surface area contributed by atoms with Crippen molar-refractivity contribution in [3.63, 3.8) is 0 Å². The molecule has 0 aliphatic rings. The molecule has 0 radical (unpaired) electrons. The van der Waals surface area contributed by atoms with Gasteiger partial charge in [0.2, 0.25) is 5.91 Å². The van der Waals surface area contributed by atoms with Gasteiger partial charge in [0.05, 0.1) is 25.4 Å². The molecule has 0 aliphatic heterocycles. The molecule has 0 saturated carbocycles. The van der Waals surface area contributed by atoms with Gasteiger partial charge >= 0.3 is 5.97 Å². The first-order valence-corrected chi connectivity index (χ1v) is 31.4. The fourth-order valence-corrected chi connectivity index (χ4v) is 9.99. The second-order valence-electron chi connectivity index (χ2n) is 21.7. The topological polar surface area (TPSA) is 95.9 Å². The zero-order valence-corrected chi connectivity index (χ0v) is 46.8. The molecule has 2 unspecified atom stereocenters. The van der Waals surface area contributed by atoms with E-state index in [-0.39, 0.29) is 18.5 Å². The van der Waals surface area contributed by atoms with Crippen LogP contribution in [0.4, 0.5) is 0 Å². The van der Waals surface area contributed by atoms with E-state index in [1.165, 1.54) is 263 Å². The van der Waals surface area contributed by atoms with Crippen molar-refractivity contribution in [3.8, 4) is 0 Å². The van der Waals surface area contributed by atoms with Crippen LogP contribution in [0.15, 0.2) is 12.2 Å². The summed E-state index contributed by atoms with van der Waals surface area (Å²) in [6, 6.07) is -0.559. The van der Waals surface area contributed by atoms with Crippen molar-refractivity contribution in [2.45, 2.75) is 366 Å². The van der Waals surface area contributed by atoms with Gasteiger partial charge in [0.1, 0.15) is 0 Å². The van der Waals surface area contributed by atoms with Crippen LogP contribution in [0.25, 0.3) is 0 Å². The Morgan fingerprint density at radius 2 is 0.681 bits per heavy atom. The standard InChI is InChI=1S/C63H123NO5/c1-3-5-7-9-11-13-15-17-19-21-23-24-25-26-27-28-29-31-33-35-39-43-47-51-55-61(66)60(59-65)64-62(67)56-52-48-44-40-37-38-42-46-50-54-58-69-63(68)57-53-49-45-41-36-34-32-30-22-20-18-16-14-12-10-8-6-4-2/h20,22,60-61,65-66H,3-19,21,23-59H2,1-2H3,(H,64,67)/b22-20-. The SMILES string of the molecule is CCCCCCCCC/C=C\CCCCCCCCCC(=O)OCCCCCCCCCCCCC(=O)NC(CO)C(O)CCCCCCCCCCCCCCCCCCCCCCCCCC. The van der Waals surface area contributed by atoms with Gasteiger partial charge in [0.15, 0.2) is 0 Å². The van der Waals surface area contributed by atoms with Gasteiger partial charge in [-0.2, -0.15) is 0 Å². The number of aliphatic hydroxyl groups excluding tert-OH is 2. The highest BCUT2D eigenvalue weighted by molar-refractivity contribution is 5.76. The first-order chi connectivity index (χ1) is 34.0. The van der Waals surface area contributed by atoms with Gasteiger partial charge in [-0.15, -0.1) is 0 Å². The minimum Gasteiger partial charge on any atom is -0.466 e. The number of rotatable bonds is 59. The van der Waals surface area contributed by atoms with Crippen molar-refractivity contribution in [2.24, 2.45) is 0 Å². The van der Waals surface area contributed by atoms with E-state index in [0.717, 1.165) is 57.8 Å². The van der Waals surface area contributed by atoms with Crippen molar-refractivity contribution < 1.29 is 24.5 Å². The van der Waals surface area contributed by atoms with E-state index in [1.807, 2.05) is 0 Å². The Morgan fingerprint density at radius 3 is 1.03 bits per heavy atom. The summed E-state index contributed by atoms with van der Waals surface area (Å²) in [5.41, 5.74) is 0. The molecule has 0 fully saturated rings. The molecule has 410 valence electrons. The minimum absolute atomic E-state index is 0.0201. The van der Waals surface area contributed by atoms with E-state index in [4.69, 9.17) is 4.74 Å². The molecule has 69 heavy (non-hydrogen) atoms. The molecule has 0 rings (SSSR count). The third-order valence-corrected chi connectivity index (χ3v) is 14.8. The van der Waals surface area contributed by atoms with Crippen LogP contribution >= 0.6 is 0 Å². The highest BCUT2D eigenvalue weighted by atomic mass is 16.5. The molecule has 2 atom stereocenters. The summed E-state index contributed by atoms with van der Waals surface area (Å²) in [6.07, 6.45) is 70.7. The predicted octanol–water partition coefficient (Wildman–Crippen LogP) is 19.6. The zero-order valence-electron chi connectivity index (χ0n) is 46.8. The van der Waals surface area contributed by atoms with Gasteiger partial charge in [0.25, 0.3) is 0 Å². The molecule has 0 heterocycles. The van der Waals surface area contributed by atoms with Crippen LogP contribution in [0.5, 0.6) is 0 Å². The third-order valence-electron chi connectivity index (χ3n) is 14.8. The van der Waals surface area contributed by atoms with Crippen LogP contribution < -0.4 is 5.32 Å². The summed E-state index contributed by atoms with van der Waals surface area (Å²) in [7, 11) is 0. The van der Waals surface area contributed by atoms with E-state index in [9.17, 15) is 19.8 Å². The number of allylic oxidation sites excluding steroid dienone is 2. The van der Waals surface area contributed by atoms with Crippen LogP contribution in [0, 0.1) is 0 Å². The molecular formula is C63H123NO5. The Kier molecular flexibility index (Phi) is 58.0. The Morgan fingerprint density at radius 1 is 0.391 bits per heavy atom. The van der Waals surface area contributed by atoms with Gasteiger partial charge < -0.3 is 20.3 Å². The number of nitrogens with one attached hydrogen (secondary N) is 1. The number of hydrogen-bond donors (Lipinski definition) is 3. The quantitative estimate of drug-likeness (QED) is 0.0321. The molecule has 0 saturated heterocycles. The number of esters is 1. The molecule has 6 nitrogen and oxygen atoms in total. The lowest BCUT2D eigenvalue weighted by molar-refractivity contribution is -0.143. The van der Waals surface area contributed by atoms with E-state index in [0.29, 0.717) is 25.9 Å². The molecule has 0 aromatic rings. The van der Waals surface area contributed by atoms with E-state index in [2.05, 4.69) is 31.3 Å². The second kappa shape index (κ2) is 59.2. The number of ether oxygens (including phenoxy) is 1. The van der Waals surface area contributed by atoms with Crippen LogP contribution in [0.2, 0.25) is 0 Å². The summed E-state index contributed by atoms with van der Waals surface area (Å²) in [5, 5.41) is 23.4. The monoisotopic (exact) mass is 974 g/mol. The predicted molar refractivity (Wildman–Crippen MR) is 301 cm³/mol. The third kappa shape index (κ3) is 55.8. The summed E-state index contributed by atoms with van der Waals surface area (Å²) in [4.78, 5) is 24.6. The lowest BCUT2D eigenvalue weighted by Gasteiger charge is -2.22. The fourth-order valence-electron chi connectivity index (χ4n) is 9.99. The maximum absolute atomic E-state index is 12.5. The van der Waals surface area contributed by atoms with E-state index >= 15 is 0 Å². The molecule has 0 aliphatic carbocycles. The Hall–Kier alpha value is -1.40. The summed E-state index contributed by atoms with van der Waals surface area (Å²) in [6.45, 7) is 4.93. The molecule has 3 N–H and O–H groups in total. The van der Waals surface area contributed by atoms with Crippen LogP contribution in [-0.4, -0.2) is 47.4 Å². The average molecular weight is 975 g/mol. The molecule has 0 aromatic heterocycles. The molecule has 6 heteroatoms. The van der Waals surface area contributed by atoms with Crippen LogP contribution in [0.1, 0.15) is 354 Å². The highest BCUT2D eigenvalue weighted by Crippen LogP contribution is 2.18. The van der Waals surface area contributed by atoms with Gasteiger partial charge in [-0.3, -0.25) is 9.59 Å². The number of hydrogen-bond acceptors (Lipinski definition) is 5. The lowest BCUT2D eigenvalue weighted by atomic mass is 10.0. The first-order valence-electron chi connectivity index (χ1n) is 31.4. The van der Waals surface area contributed by atoms with Gasteiger partial charge in [-0.1, -0.05) is 302 Å². The number of unbranched alkanes of at least 4 members (excludes halogenated alkanes) is 46. The van der Waals surface area contributed by atoms with E-state index in [1.54, 1.807) is 0 Å². The second-order valence-corrected chi connectivity index (χ2v) is 21.7. The summed E-state index contributed by atoms with van der Waals surface area (Å²) in [5.74, 6) is -0.0735. The Bertz CT molecular complexity index is 1030. The van der Waals surface area contributed by atoms with Crippen molar-refractivity contribution in [2.75, 3.05) is 13.2 Å². The molecular weight excluding hydrogens is 851 g/mol. The maximum Gasteiger partial charge on any atom is 0.305 e. The highest BCUT2D eigenvalue weighted by Gasteiger charge is 2.20. The largest absolute Gasteiger partial charge is 0.466 e. The van der Waals surface area contributed by atoms with Crippen molar-refractivity contribution >= 4 is 11.9 Å². The Labute approximate surface area is 431 Å². The number of amides is 1. The molecule has 0 bridgehead atoms.